The van der Waals surface area contributed by atoms with Crippen LogP contribution in [0.5, 0.6) is 0 Å². The Bertz CT molecular complexity index is 1290. The highest BCUT2D eigenvalue weighted by Gasteiger charge is 2.26. The minimum atomic E-state index is -3.98. The topological polar surface area (TPSA) is 116 Å². The van der Waals surface area contributed by atoms with E-state index in [0.29, 0.717) is 29.7 Å². The van der Waals surface area contributed by atoms with Gasteiger partial charge in [0.25, 0.3) is 5.91 Å². The number of aromatic nitrogens is 2. The van der Waals surface area contributed by atoms with Gasteiger partial charge in [-0.2, -0.15) is 8.42 Å². The van der Waals surface area contributed by atoms with Crippen LogP contribution < -0.4 is 10.5 Å². The average molecular weight is 503 g/mol. The molecule has 0 bridgehead atoms. The Morgan fingerprint density at radius 2 is 1.88 bits per heavy atom. The van der Waals surface area contributed by atoms with Gasteiger partial charge in [0.1, 0.15) is 0 Å². The molecule has 0 spiro atoms. The maximum atomic E-state index is 13.1. The first kappa shape index (κ1) is 23.5. The lowest BCUT2D eigenvalue weighted by atomic mass is 9.85. The van der Waals surface area contributed by atoms with Gasteiger partial charge in [-0.05, 0) is 31.2 Å². The van der Waals surface area contributed by atoms with Crippen LogP contribution in [0.15, 0.2) is 30.5 Å². The predicted molar refractivity (Wildman–Crippen MR) is 133 cm³/mol. The number of nitrogens with one attached hydrogen (secondary N) is 1. The Labute approximate surface area is 203 Å². The van der Waals surface area contributed by atoms with E-state index in [-0.39, 0.29) is 11.9 Å². The van der Waals surface area contributed by atoms with Crippen LogP contribution in [-0.4, -0.2) is 42.5 Å². The summed E-state index contributed by atoms with van der Waals surface area (Å²) in [5.74, 6) is 0.343. The Balaban J connectivity index is 1.56. The first-order chi connectivity index (χ1) is 16.4. The maximum Gasteiger partial charge on any atom is 0.302 e. The molecule has 10 heteroatoms. The molecule has 3 N–H and O–H groups in total. The third-order valence-electron chi connectivity index (χ3n) is 6.85. The SMILES string of the molecule is NS(=O)(=O)n1cc(-c2sc(C(=O)NC3CCOCC3)nc2CC2CCCCC2)c2ccccc21. The summed E-state index contributed by atoms with van der Waals surface area (Å²) >= 11 is 1.33. The smallest absolute Gasteiger partial charge is 0.302 e. The number of hydrogen-bond acceptors (Lipinski definition) is 6. The lowest BCUT2D eigenvalue weighted by Gasteiger charge is -2.22. The summed E-state index contributed by atoms with van der Waals surface area (Å²) in [4.78, 5) is 18.8. The van der Waals surface area contributed by atoms with Crippen LogP contribution in [0.4, 0.5) is 0 Å². The second kappa shape index (κ2) is 9.77. The van der Waals surface area contributed by atoms with Gasteiger partial charge < -0.3 is 10.1 Å². The van der Waals surface area contributed by atoms with E-state index in [9.17, 15) is 13.2 Å². The fraction of sp³-hybridized carbons (Fsp3) is 0.500. The Hall–Kier alpha value is -2.27. The van der Waals surface area contributed by atoms with Crippen molar-refractivity contribution in [1.82, 2.24) is 14.3 Å². The molecular weight excluding hydrogens is 472 g/mol. The molecule has 0 atom stereocenters. The maximum absolute atomic E-state index is 13.1. The lowest BCUT2D eigenvalue weighted by Crippen LogP contribution is -2.38. The summed E-state index contributed by atoms with van der Waals surface area (Å²) in [7, 11) is -3.98. The molecule has 5 rings (SSSR count). The molecule has 0 radical (unpaired) electrons. The summed E-state index contributed by atoms with van der Waals surface area (Å²) < 4.78 is 31.1. The van der Waals surface area contributed by atoms with Crippen molar-refractivity contribution in [2.45, 2.75) is 57.4 Å². The first-order valence-electron chi connectivity index (χ1n) is 11.9. The Morgan fingerprint density at radius 3 is 2.62 bits per heavy atom. The fourth-order valence-electron chi connectivity index (χ4n) is 5.09. The summed E-state index contributed by atoms with van der Waals surface area (Å²) in [5, 5.41) is 9.81. The van der Waals surface area contributed by atoms with Crippen molar-refractivity contribution in [3.63, 3.8) is 0 Å². The van der Waals surface area contributed by atoms with Gasteiger partial charge in [0, 0.05) is 36.4 Å². The van der Waals surface area contributed by atoms with Crippen molar-refractivity contribution < 1.29 is 17.9 Å². The van der Waals surface area contributed by atoms with Crippen LogP contribution in [0, 0.1) is 5.92 Å². The highest BCUT2D eigenvalue weighted by molar-refractivity contribution is 7.87. The monoisotopic (exact) mass is 502 g/mol. The quantitative estimate of drug-likeness (QED) is 0.531. The molecule has 3 heterocycles. The number of nitrogens with zero attached hydrogens (tertiary/aromatic N) is 2. The fourth-order valence-corrected chi connectivity index (χ4v) is 6.80. The minimum Gasteiger partial charge on any atom is -0.381 e. The molecule has 8 nitrogen and oxygen atoms in total. The number of amides is 1. The average Bonchev–Trinajstić information content (AvgIpc) is 3.42. The number of fused-ring (bicyclic) bond motifs is 1. The van der Waals surface area contributed by atoms with Gasteiger partial charge in [-0.3, -0.25) is 4.79 Å². The van der Waals surface area contributed by atoms with Crippen molar-refractivity contribution in [3.05, 3.63) is 41.2 Å². The summed E-state index contributed by atoms with van der Waals surface area (Å²) in [6, 6.07) is 7.37. The molecule has 1 amide bonds. The lowest BCUT2D eigenvalue weighted by molar-refractivity contribution is 0.0696. The number of ether oxygens (including phenoxy) is 1. The van der Waals surface area contributed by atoms with E-state index in [4.69, 9.17) is 14.9 Å². The summed E-state index contributed by atoms with van der Waals surface area (Å²) in [6.45, 7) is 1.29. The van der Waals surface area contributed by atoms with Crippen LogP contribution in [-0.2, 0) is 21.4 Å². The van der Waals surface area contributed by atoms with Gasteiger partial charge >= 0.3 is 10.2 Å². The summed E-state index contributed by atoms with van der Waals surface area (Å²) in [5.41, 5.74) is 2.13. The molecule has 2 aromatic heterocycles. The van der Waals surface area contributed by atoms with Crippen molar-refractivity contribution >= 4 is 38.4 Å². The normalized spacial score (nSPS) is 18.4. The van der Waals surface area contributed by atoms with Gasteiger partial charge in [-0.25, -0.2) is 14.1 Å². The second-order valence-corrected chi connectivity index (χ2v) is 11.7. The number of para-hydroxylation sites is 1. The molecule has 1 saturated carbocycles. The molecule has 1 saturated heterocycles. The zero-order valence-electron chi connectivity index (χ0n) is 19.0. The Morgan fingerprint density at radius 1 is 1.15 bits per heavy atom. The number of benzene rings is 1. The van der Waals surface area contributed by atoms with E-state index in [2.05, 4.69) is 5.32 Å². The molecule has 3 aromatic rings. The van der Waals surface area contributed by atoms with Gasteiger partial charge in [-0.1, -0.05) is 50.3 Å². The van der Waals surface area contributed by atoms with E-state index in [1.54, 1.807) is 18.3 Å². The van der Waals surface area contributed by atoms with E-state index in [1.807, 2.05) is 12.1 Å². The predicted octanol–water partition coefficient (Wildman–Crippen LogP) is 3.85. The van der Waals surface area contributed by atoms with E-state index >= 15 is 0 Å². The summed E-state index contributed by atoms with van der Waals surface area (Å²) in [6.07, 6.45) is 9.93. The number of carbonyl (C=O) groups is 1. The van der Waals surface area contributed by atoms with Gasteiger partial charge in [0.05, 0.1) is 16.1 Å². The molecule has 1 aromatic carbocycles. The molecule has 0 unspecified atom stereocenters. The van der Waals surface area contributed by atoms with Crippen LogP contribution in [0.1, 0.15) is 60.4 Å². The van der Waals surface area contributed by atoms with E-state index in [0.717, 1.165) is 57.6 Å². The number of rotatable bonds is 6. The number of hydrogen-bond donors (Lipinski definition) is 2. The third kappa shape index (κ3) is 4.91. The largest absolute Gasteiger partial charge is 0.381 e. The van der Waals surface area contributed by atoms with Crippen molar-refractivity contribution in [2.75, 3.05) is 13.2 Å². The van der Waals surface area contributed by atoms with Crippen molar-refractivity contribution in [1.29, 1.82) is 0 Å². The standard InChI is InChI=1S/C24H30N4O4S2/c25-34(30,31)28-15-19(18-8-4-5-9-21(18)28)22-20(14-16-6-2-1-3-7-16)27-24(33-22)23(29)26-17-10-12-32-13-11-17/h4-5,8-9,15-17H,1-3,6-7,10-14H2,(H,26,29)(H2,25,30,31). The number of carbonyl (C=O) groups excluding carboxylic acids is 1. The number of nitrogens with two attached hydrogens (primary N) is 1. The van der Waals surface area contributed by atoms with E-state index < -0.39 is 10.2 Å². The number of thiazole rings is 1. The van der Waals surface area contributed by atoms with Gasteiger partial charge in [0.15, 0.2) is 5.01 Å². The van der Waals surface area contributed by atoms with Crippen LogP contribution in [0.2, 0.25) is 0 Å². The zero-order chi connectivity index (χ0) is 23.7. The zero-order valence-corrected chi connectivity index (χ0v) is 20.7. The highest BCUT2D eigenvalue weighted by atomic mass is 32.2. The molecule has 1 aliphatic carbocycles. The Kier molecular flexibility index (Phi) is 6.74. The minimum absolute atomic E-state index is 0.0830. The molecule has 34 heavy (non-hydrogen) atoms. The van der Waals surface area contributed by atoms with E-state index in [1.165, 1.54) is 30.6 Å². The first-order valence-corrected chi connectivity index (χ1v) is 14.2. The van der Waals surface area contributed by atoms with Crippen molar-refractivity contribution in [2.24, 2.45) is 11.1 Å². The molecule has 182 valence electrons. The molecular formula is C24H30N4O4S2. The highest BCUT2D eigenvalue weighted by Crippen LogP contribution is 2.39. The molecule has 1 aliphatic heterocycles. The van der Waals surface area contributed by atoms with Crippen LogP contribution in [0.25, 0.3) is 21.3 Å². The molecule has 2 fully saturated rings. The van der Waals surface area contributed by atoms with Crippen LogP contribution >= 0.6 is 11.3 Å². The molecule has 2 aliphatic rings. The van der Waals surface area contributed by atoms with Crippen LogP contribution in [0.3, 0.4) is 0 Å². The second-order valence-electron chi connectivity index (χ2n) is 9.26. The van der Waals surface area contributed by atoms with Crippen molar-refractivity contribution in [3.8, 4) is 10.4 Å². The third-order valence-corrected chi connectivity index (χ3v) is 8.83. The van der Waals surface area contributed by atoms with Gasteiger partial charge in [-0.15, -0.1) is 11.3 Å². The van der Waals surface area contributed by atoms with Gasteiger partial charge in [0.2, 0.25) is 0 Å².